The summed E-state index contributed by atoms with van der Waals surface area (Å²) >= 11 is 7.23. The van der Waals surface area contributed by atoms with Crippen LogP contribution in [0.25, 0.3) is 0 Å². The molecule has 5 nitrogen and oxygen atoms in total. The van der Waals surface area contributed by atoms with Crippen molar-refractivity contribution in [3.05, 3.63) is 70.8 Å². The first kappa shape index (κ1) is 18.8. The number of amides is 1. The molecule has 1 aliphatic rings. The number of nitrogens with zero attached hydrogens (tertiary/aromatic N) is 3. The van der Waals surface area contributed by atoms with E-state index in [1.807, 2.05) is 29.2 Å². The molecule has 0 radical (unpaired) electrons. The molecule has 1 fully saturated rings. The van der Waals surface area contributed by atoms with Gasteiger partial charge in [-0.2, -0.15) is 4.37 Å². The van der Waals surface area contributed by atoms with Crippen molar-refractivity contribution in [3.63, 3.8) is 0 Å². The van der Waals surface area contributed by atoms with Crippen LogP contribution < -0.4 is 10.2 Å². The van der Waals surface area contributed by atoms with Crippen LogP contribution in [0.1, 0.15) is 24.2 Å². The predicted octanol–water partition coefficient (Wildman–Crippen LogP) is 4.53. The summed E-state index contributed by atoms with van der Waals surface area (Å²) in [4.78, 5) is 19.3. The van der Waals surface area contributed by atoms with E-state index in [-0.39, 0.29) is 17.8 Å². The lowest BCUT2D eigenvalue weighted by atomic mass is 10.1. The van der Waals surface area contributed by atoms with Crippen LogP contribution in [-0.2, 0) is 11.2 Å². The third kappa shape index (κ3) is 4.31. The largest absolute Gasteiger partial charge is 0.335 e. The number of halogens is 2. The first-order valence-corrected chi connectivity index (χ1v) is 10.1. The zero-order chi connectivity index (χ0) is 19.5. The number of carbonyl (C=O) groups is 1. The van der Waals surface area contributed by atoms with Crippen LogP contribution in [0.5, 0.6) is 0 Å². The number of anilines is 2. The van der Waals surface area contributed by atoms with Crippen molar-refractivity contribution in [1.82, 2.24) is 9.36 Å². The molecular weight excluding hydrogens is 399 g/mol. The average Bonchev–Trinajstić information content (AvgIpc) is 3.34. The Balaban J connectivity index is 1.44. The maximum Gasteiger partial charge on any atom is 0.247 e. The van der Waals surface area contributed by atoms with Crippen LogP contribution in [0.4, 0.5) is 15.2 Å². The summed E-state index contributed by atoms with van der Waals surface area (Å²) in [5.41, 5.74) is 1.67. The number of aromatic nitrogens is 2. The van der Waals surface area contributed by atoms with Gasteiger partial charge in [-0.1, -0.05) is 23.7 Å². The van der Waals surface area contributed by atoms with Crippen molar-refractivity contribution in [2.24, 2.45) is 0 Å². The highest BCUT2D eigenvalue weighted by Crippen LogP contribution is 2.28. The van der Waals surface area contributed by atoms with Gasteiger partial charge in [0.05, 0.1) is 0 Å². The monoisotopic (exact) mass is 416 g/mol. The van der Waals surface area contributed by atoms with Gasteiger partial charge in [-0.25, -0.2) is 9.37 Å². The van der Waals surface area contributed by atoms with E-state index in [0.29, 0.717) is 17.1 Å². The van der Waals surface area contributed by atoms with Crippen molar-refractivity contribution in [2.45, 2.75) is 25.3 Å². The fraction of sp³-hybridized carbons (Fsp3) is 0.250. The molecule has 3 aromatic rings. The summed E-state index contributed by atoms with van der Waals surface area (Å²) in [6, 6.07) is 13.1. The molecule has 0 spiro atoms. The molecule has 2 heterocycles. The Morgan fingerprint density at radius 3 is 2.71 bits per heavy atom. The molecule has 4 rings (SSSR count). The van der Waals surface area contributed by atoms with Gasteiger partial charge >= 0.3 is 0 Å². The number of benzene rings is 2. The fourth-order valence-electron chi connectivity index (χ4n) is 3.25. The number of carbonyl (C=O) groups excluding carboxylic acids is 1. The SMILES string of the molecule is O=C(Nc1ccc(F)cc1)C1CCCN1c1nc(Cc2ccc(Cl)cc2)ns1. The second kappa shape index (κ2) is 8.24. The number of hydrogen-bond acceptors (Lipinski definition) is 5. The second-order valence-corrected chi connectivity index (χ2v) is 7.81. The van der Waals surface area contributed by atoms with Gasteiger partial charge in [0, 0.05) is 35.2 Å². The Morgan fingerprint density at radius 1 is 1.21 bits per heavy atom. The average molecular weight is 417 g/mol. The van der Waals surface area contributed by atoms with E-state index in [1.165, 1.54) is 23.7 Å². The molecule has 1 aromatic heterocycles. The topological polar surface area (TPSA) is 58.1 Å². The van der Waals surface area contributed by atoms with Gasteiger partial charge in [-0.05, 0) is 54.8 Å². The van der Waals surface area contributed by atoms with Gasteiger partial charge < -0.3 is 10.2 Å². The minimum absolute atomic E-state index is 0.112. The molecule has 2 aromatic carbocycles. The standard InChI is InChI=1S/C20H18ClFN4OS/c21-14-5-3-13(4-6-14)12-18-24-20(28-25-18)26-11-1-2-17(26)19(27)23-16-9-7-15(22)8-10-16/h3-10,17H,1-2,11-12H2,(H,23,27). The number of nitrogens with one attached hydrogen (secondary N) is 1. The van der Waals surface area contributed by atoms with Crippen molar-refractivity contribution in [2.75, 3.05) is 16.8 Å². The minimum Gasteiger partial charge on any atom is -0.335 e. The molecule has 1 N–H and O–H groups in total. The maximum absolute atomic E-state index is 13.0. The third-order valence-corrected chi connectivity index (χ3v) is 5.69. The predicted molar refractivity (Wildman–Crippen MR) is 110 cm³/mol. The van der Waals surface area contributed by atoms with E-state index in [4.69, 9.17) is 11.6 Å². The third-order valence-electron chi connectivity index (χ3n) is 4.65. The Labute approximate surface area is 171 Å². The van der Waals surface area contributed by atoms with Gasteiger partial charge in [0.1, 0.15) is 17.7 Å². The first-order chi connectivity index (χ1) is 13.6. The van der Waals surface area contributed by atoms with Crippen LogP contribution in [0.15, 0.2) is 48.5 Å². The van der Waals surface area contributed by atoms with E-state index < -0.39 is 0 Å². The summed E-state index contributed by atoms with van der Waals surface area (Å²) in [7, 11) is 0. The van der Waals surface area contributed by atoms with Crippen LogP contribution in [-0.4, -0.2) is 27.9 Å². The highest BCUT2D eigenvalue weighted by Gasteiger charge is 2.33. The van der Waals surface area contributed by atoms with E-state index >= 15 is 0 Å². The summed E-state index contributed by atoms with van der Waals surface area (Å²) in [6.45, 7) is 0.761. The van der Waals surface area contributed by atoms with E-state index in [2.05, 4.69) is 14.7 Å². The van der Waals surface area contributed by atoms with Gasteiger partial charge in [-0.3, -0.25) is 4.79 Å². The van der Waals surface area contributed by atoms with Gasteiger partial charge in [0.25, 0.3) is 0 Å². The zero-order valence-electron chi connectivity index (χ0n) is 14.9. The van der Waals surface area contributed by atoms with E-state index in [0.717, 1.165) is 35.9 Å². The highest BCUT2D eigenvalue weighted by atomic mass is 35.5. The smallest absolute Gasteiger partial charge is 0.247 e. The van der Waals surface area contributed by atoms with Crippen LogP contribution in [0.2, 0.25) is 5.02 Å². The van der Waals surface area contributed by atoms with Crippen molar-refractivity contribution >= 4 is 39.9 Å². The fourth-order valence-corrected chi connectivity index (χ4v) is 4.13. The Morgan fingerprint density at radius 2 is 1.96 bits per heavy atom. The lowest BCUT2D eigenvalue weighted by molar-refractivity contribution is -0.117. The molecule has 1 aliphatic heterocycles. The van der Waals surface area contributed by atoms with Gasteiger partial charge in [-0.15, -0.1) is 0 Å². The van der Waals surface area contributed by atoms with Crippen molar-refractivity contribution < 1.29 is 9.18 Å². The summed E-state index contributed by atoms with van der Waals surface area (Å²) in [5, 5.41) is 4.31. The first-order valence-electron chi connectivity index (χ1n) is 8.98. The van der Waals surface area contributed by atoms with Crippen LogP contribution in [0.3, 0.4) is 0 Å². The van der Waals surface area contributed by atoms with Crippen molar-refractivity contribution in [1.29, 1.82) is 0 Å². The summed E-state index contributed by atoms with van der Waals surface area (Å²) in [5.74, 6) is 0.285. The molecule has 0 aliphatic carbocycles. The molecule has 1 saturated heterocycles. The van der Waals surface area contributed by atoms with Crippen LogP contribution in [0, 0.1) is 5.82 Å². The summed E-state index contributed by atoms with van der Waals surface area (Å²) < 4.78 is 17.5. The quantitative estimate of drug-likeness (QED) is 0.664. The Bertz CT molecular complexity index is 961. The highest BCUT2D eigenvalue weighted by molar-refractivity contribution is 7.09. The lowest BCUT2D eigenvalue weighted by Gasteiger charge is -2.22. The summed E-state index contributed by atoms with van der Waals surface area (Å²) in [6.07, 6.45) is 2.28. The van der Waals surface area contributed by atoms with E-state index in [1.54, 1.807) is 12.1 Å². The Kier molecular flexibility index (Phi) is 5.54. The van der Waals surface area contributed by atoms with Gasteiger partial charge in [0.15, 0.2) is 0 Å². The number of hydrogen-bond donors (Lipinski definition) is 1. The minimum atomic E-state index is -0.331. The Hall–Kier alpha value is -2.51. The van der Waals surface area contributed by atoms with Crippen molar-refractivity contribution in [3.8, 4) is 0 Å². The molecule has 0 saturated carbocycles. The molecule has 1 amide bonds. The number of rotatable bonds is 5. The van der Waals surface area contributed by atoms with Crippen LogP contribution >= 0.6 is 23.1 Å². The molecule has 1 atom stereocenters. The van der Waals surface area contributed by atoms with Gasteiger partial charge in [0.2, 0.25) is 11.0 Å². The maximum atomic E-state index is 13.0. The zero-order valence-corrected chi connectivity index (χ0v) is 16.5. The van der Waals surface area contributed by atoms with E-state index in [9.17, 15) is 9.18 Å². The molecule has 8 heteroatoms. The molecular formula is C20H18ClFN4OS. The normalized spacial score (nSPS) is 16.4. The molecule has 1 unspecified atom stereocenters. The lowest BCUT2D eigenvalue weighted by Crippen LogP contribution is -2.39. The molecule has 144 valence electrons. The molecule has 0 bridgehead atoms. The second-order valence-electron chi connectivity index (χ2n) is 6.64. The molecule has 28 heavy (non-hydrogen) atoms.